The molecule has 0 amide bonds. The Bertz CT molecular complexity index is 636. The molecule has 1 heterocycles. The van der Waals surface area contributed by atoms with Gasteiger partial charge in [-0.25, -0.2) is 4.68 Å². The van der Waals surface area contributed by atoms with Crippen molar-refractivity contribution >= 4 is 11.4 Å². The number of anilines is 1. The van der Waals surface area contributed by atoms with Crippen LogP contribution in [0.1, 0.15) is 5.69 Å². The number of nitro benzene ring substituents is 1. The number of halogens is 3. The summed E-state index contributed by atoms with van der Waals surface area (Å²) in [5, 5.41) is 13.8. The van der Waals surface area contributed by atoms with Crippen LogP contribution in [-0.4, -0.2) is 14.7 Å². The van der Waals surface area contributed by atoms with Gasteiger partial charge in [-0.05, 0) is 12.1 Å². The Morgan fingerprint density at radius 2 is 2.00 bits per heavy atom. The zero-order chi connectivity index (χ0) is 14.2. The Kier molecular flexibility index (Phi) is 2.89. The molecule has 0 aliphatic heterocycles. The van der Waals surface area contributed by atoms with Crippen LogP contribution < -0.4 is 5.73 Å². The van der Waals surface area contributed by atoms with Crippen molar-refractivity contribution in [3.05, 3.63) is 46.3 Å². The Morgan fingerprint density at radius 1 is 1.32 bits per heavy atom. The van der Waals surface area contributed by atoms with Gasteiger partial charge in [0.05, 0.1) is 16.3 Å². The van der Waals surface area contributed by atoms with Crippen LogP contribution in [0.15, 0.2) is 30.5 Å². The molecule has 0 saturated carbocycles. The van der Waals surface area contributed by atoms with Gasteiger partial charge in [0, 0.05) is 18.3 Å². The largest absolute Gasteiger partial charge is 0.435 e. The Labute approximate surface area is 104 Å². The van der Waals surface area contributed by atoms with Gasteiger partial charge in [0.2, 0.25) is 0 Å². The molecule has 0 saturated heterocycles. The van der Waals surface area contributed by atoms with Crippen LogP contribution in [0.3, 0.4) is 0 Å². The normalized spacial score (nSPS) is 11.5. The molecule has 1 aromatic heterocycles. The summed E-state index contributed by atoms with van der Waals surface area (Å²) in [4.78, 5) is 9.87. The van der Waals surface area contributed by atoms with Crippen LogP contribution in [0, 0.1) is 10.1 Å². The van der Waals surface area contributed by atoms with E-state index in [1.807, 2.05) is 0 Å². The third kappa shape index (κ3) is 2.49. The van der Waals surface area contributed by atoms with E-state index in [4.69, 9.17) is 5.73 Å². The second kappa shape index (κ2) is 4.26. The average molecular weight is 272 g/mol. The van der Waals surface area contributed by atoms with Gasteiger partial charge in [0.1, 0.15) is 0 Å². The van der Waals surface area contributed by atoms with Crippen molar-refractivity contribution < 1.29 is 18.1 Å². The van der Waals surface area contributed by atoms with Gasteiger partial charge in [-0.15, -0.1) is 0 Å². The number of hydrogen-bond acceptors (Lipinski definition) is 4. The highest BCUT2D eigenvalue weighted by atomic mass is 19.4. The first kappa shape index (κ1) is 12.9. The van der Waals surface area contributed by atoms with Crippen molar-refractivity contribution in [2.24, 2.45) is 0 Å². The molecule has 19 heavy (non-hydrogen) atoms. The Balaban J connectivity index is 2.43. The van der Waals surface area contributed by atoms with E-state index >= 15 is 0 Å². The van der Waals surface area contributed by atoms with Gasteiger partial charge in [0.15, 0.2) is 5.69 Å². The fourth-order valence-corrected chi connectivity index (χ4v) is 1.47. The Hall–Kier alpha value is -2.58. The summed E-state index contributed by atoms with van der Waals surface area (Å²) in [6.45, 7) is 0. The number of rotatable bonds is 2. The van der Waals surface area contributed by atoms with Crippen LogP contribution in [0.5, 0.6) is 0 Å². The van der Waals surface area contributed by atoms with Crippen molar-refractivity contribution in [3.8, 4) is 5.69 Å². The molecule has 0 aliphatic rings. The molecule has 100 valence electrons. The number of aromatic nitrogens is 2. The summed E-state index contributed by atoms with van der Waals surface area (Å²) >= 11 is 0. The first-order valence-electron chi connectivity index (χ1n) is 4.96. The molecule has 1 aromatic carbocycles. The molecule has 9 heteroatoms. The summed E-state index contributed by atoms with van der Waals surface area (Å²) in [5.74, 6) is 0. The number of nitrogen functional groups attached to an aromatic ring is 1. The highest BCUT2D eigenvalue weighted by Crippen LogP contribution is 2.29. The number of benzene rings is 1. The zero-order valence-corrected chi connectivity index (χ0v) is 9.26. The summed E-state index contributed by atoms with van der Waals surface area (Å²) in [6.07, 6.45) is -3.47. The maximum Gasteiger partial charge on any atom is 0.435 e. The van der Waals surface area contributed by atoms with Crippen molar-refractivity contribution in [2.75, 3.05) is 5.73 Å². The molecular weight excluding hydrogens is 265 g/mol. The maximum atomic E-state index is 12.4. The summed E-state index contributed by atoms with van der Waals surface area (Å²) in [7, 11) is 0. The topological polar surface area (TPSA) is 87.0 Å². The Morgan fingerprint density at radius 3 is 2.47 bits per heavy atom. The molecule has 0 aliphatic carbocycles. The third-order valence-corrected chi connectivity index (χ3v) is 2.35. The summed E-state index contributed by atoms with van der Waals surface area (Å²) < 4.78 is 38.1. The summed E-state index contributed by atoms with van der Waals surface area (Å²) in [6, 6.07) is 4.23. The number of nitrogens with zero attached hydrogens (tertiary/aromatic N) is 3. The summed E-state index contributed by atoms with van der Waals surface area (Å²) in [5.41, 5.74) is 4.36. The molecule has 2 rings (SSSR count). The van der Waals surface area contributed by atoms with Gasteiger partial charge in [-0.1, -0.05) is 0 Å². The second-order valence-electron chi connectivity index (χ2n) is 3.64. The molecule has 0 bridgehead atoms. The van der Waals surface area contributed by atoms with E-state index < -0.39 is 16.8 Å². The van der Waals surface area contributed by atoms with Gasteiger partial charge in [0.25, 0.3) is 5.69 Å². The number of nitrogens with two attached hydrogens (primary N) is 1. The first-order chi connectivity index (χ1) is 8.79. The fourth-order valence-electron chi connectivity index (χ4n) is 1.47. The lowest BCUT2D eigenvalue weighted by molar-refractivity contribution is -0.384. The number of hydrogen-bond donors (Lipinski definition) is 1. The van der Waals surface area contributed by atoms with Crippen LogP contribution >= 0.6 is 0 Å². The monoisotopic (exact) mass is 272 g/mol. The van der Waals surface area contributed by atoms with Crippen molar-refractivity contribution in [1.29, 1.82) is 0 Å². The molecule has 0 fully saturated rings. The van der Waals surface area contributed by atoms with Crippen molar-refractivity contribution in [1.82, 2.24) is 9.78 Å². The molecule has 0 spiro atoms. The minimum absolute atomic E-state index is 0.0361. The van der Waals surface area contributed by atoms with E-state index in [1.54, 1.807) is 0 Å². The third-order valence-electron chi connectivity index (χ3n) is 2.35. The van der Waals surface area contributed by atoms with Crippen molar-refractivity contribution in [3.63, 3.8) is 0 Å². The lowest BCUT2D eigenvalue weighted by atomic mass is 10.2. The smallest absolute Gasteiger partial charge is 0.397 e. The van der Waals surface area contributed by atoms with E-state index in [-0.39, 0.29) is 17.1 Å². The van der Waals surface area contributed by atoms with Gasteiger partial charge < -0.3 is 5.73 Å². The van der Waals surface area contributed by atoms with E-state index in [2.05, 4.69) is 5.10 Å². The molecule has 0 unspecified atom stereocenters. The van der Waals surface area contributed by atoms with Crippen LogP contribution in [0.4, 0.5) is 24.5 Å². The van der Waals surface area contributed by atoms with E-state index in [0.717, 1.165) is 29.1 Å². The van der Waals surface area contributed by atoms with Crippen LogP contribution in [-0.2, 0) is 6.18 Å². The maximum absolute atomic E-state index is 12.4. The first-order valence-corrected chi connectivity index (χ1v) is 4.96. The molecule has 2 aromatic rings. The minimum atomic E-state index is -4.55. The van der Waals surface area contributed by atoms with Gasteiger partial charge in [-0.2, -0.15) is 18.3 Å². The number of nitro groups is 1. The van der Waals surface area contributed by atoms with E-state index in [1.165, 1.54) is 6.07 Å². The lowest BCUT2D eigenvalue weighted by Crippen LogP contribution is -2.08. The van der Waals surface area contributed by atoms with Crippen LogP contribution in [0.25, 0.3) is 5.69 Å². The SMILES string of the molecule is Nc1cc([N+](=O)[O-])ccc1-n1ccc(C(F)(F)F)n1. The molecule has 0 atom stereocenters. The number of non-ortho nitro benzene ring substituents is 1. The highest BCUT2D eigenvalue weighted by Gasteiger charge is 2.33. The van der Waals surface area contributed by atoms with E-state index in [9.17, 15) is 23.3 Å². The van der Waals surface area contributed by atoms with Gasteiger partial charge >= 0.3 is 6.18 Å². The molecule has 2 N–H and O–H groups in total. The highest BCUT2D eigenvalue weighted by molar-refractivity contribution is 5.62. The molecule has 0 radical (unpaired) electrons. The quantitative estimate of drug-likeness (QED) is 0.516. The zero-order valence-electron chi connectivity index (χ0n) is 9.26. The van der Waals surface area contributed by atoms with Gasteiger partial charge in [-0.3, -0.25) is 10.1 Å². The predicted octanol–water partition coefficient (Wildman–Crippen LogP) is 2.38. The van der Waals surface area contributed by atoms with Crippen LogP contribution in [0.2, 0.25) is 0 Å². The van der Waals surface area contributed by atoms with Crippen molar-refractivity contribution in [2.45, 2.75) is 6.18 Å². The second-order valence-corrected chi connectivity index (χ2v) is 3.64. The standard InChI is InChI=1S/C10H7F3N4O2/c11-10(12,13)9-3-4-16(15-9)8-2-1-6(17(18)19)5-7(8)14/h1-5H,14H2. The number of alkyl halides is 3. The fraction of sp³-hybridized carbons (Fsp3) is 0.100. The predicted molar refractivity (Wildman–Crippen MR) is 59.6 cm³/mol. The average Bonchev–Trinajstić information content (AvgIpc) is 2.77. The molecular formula is C10H7F3N4O2. The van der Waals surface area contributed by atoms with E-state index in [0.29, 0.717) is 0 Å². The minimum Gasteiger partial charge on any atom is -0.397 e. The lowest BCUT2D eigenvalue weighted by Gasteiger charge is -2.05. The molecule has 6 nitrogen and oxygen atoms in total.